The van der Waals surface area contributed by atoms with Crippen molar-refractivity contribution in [3.8, 4) is 5.75 Å². The van der Waals surface area contributed by atoms with Crippen LogP contribution in [0.25, 0.3) is 23.1 Å². The Hall–Kier alpha value is -2.29. The molecule has 1 aromatic carbocycles. The third-order valence-electron chi connectivity index (χ3n) is 2.33. The van der Waals surface area contributed by atoms with Crippen LogP contribution in [-0.2, 0) is 0 Å². The van der Waals surface area contributed by atoms with Gasteiger partial charge in [0.05, 0.1) is 10.9 Å². The molecule has 0 aliphatic carbocycles. The predicted molar refractivity (Wildman–Crippen MR) is 64.3 cm³/mol. The fraction of sp³-hybridized carbons (Fsp3) is 0. The Labute approximate surface area is 92.0 Å². The van der Waals surface area contributed by atoms with Crippen molar-refractivity contribution in [2.24, 2.45) is 0 Å². The predicted octanol–water partition coefficient (Wildman–Crippen LogP) is 2.78. The van der Waals surface area contributed by atoms with E-state index >= 15 is 0 Å². The summed E-state index contributed by atoms with van der Waals surface area (Å²) >= 11 is 0. The molecule has 0 spiro atoms. The number of hydrogen-bond donors (Lipinski definition) is 1. The van der Waals surface area contributed by atoms with Gasteiger partial charge in [0.1, 0.15) is 17.1 Å². The van der Waals surface area contributed by atoms with Gasteiger partial charge in [0.25, 0.3) is 0 Å². The van der Waals surface area contributed by atoms with Crippen LogP contribution >= 0.6 is 0 Å². The minimum atomic E-state index is -0.175. The second-order valence-electron chi connectivity index (χ2n) is 3.30. The average Bonchev–Trinajstić information content (AvgIpc) is 2.28. The van der Waals surface area contributed by atoms with Gasteiger partial charge in [-0.05, 0) is 18.2 Å². The lowest BCUT2D eigenvalue weighted by Gasteiger charge is -2.03. The van der Waals surface area contributed by atoms with E-state index in [1.807, 2.05) is 0 Å². The zero-order chi connectivity index (χ0) is 11.7. The molecule has 0 saturated carbocycles. The van der Waals surface area contributed by atoms with Crippen molar-refractivity contribution >= 4 is 23.1 Å². The highest BCUT2D eigenvalue weighted by atomic mass is 16.3. The summed E-state index contributed by atoms with van der Waals surface area (Å²) in [6.45, 7) is 7.13. The lowest BCUT2D eigenvalue weighted by molar-refractivity contribution is 0.474. The highest BCUT2D eigenvalue weighted by Crippen LogP contribution is 2.21. The number of benzene rings is 1. The van der Waals surface area contributed by atoms with Crippen molar-refractivity contribution in [2.75, 3.05) is 0 Å². The standard InChI is InChI=1S/C13H10O3/c1-3-9-11(4-2)16-12-7-8(14)5-6-10(12)13(9)15/h3-7,14H,1-2H2. The molecule has 16 heavy (non-hydrogen) atoms. The summed E-state index contributed by atoms with van der Waals surface area (Å²) in [7, 11) is 0. The highest BCUT2D eigenvalue weighted by Gasteiger charge is 2.09. The fourth-order valence-electron chi connectivity index (χ4n) is 1.56. The van der Waals surface area contributed by atoms with Crippen LogP contribution in [0.2, 0.25) is 0 Å². The SMILES string of the molecule is C=Cc1oc2cc(O)ccc2c(=O)c1C=C. The summed E-state index contributed by atoms with van der Waals surface area (Å²) in [5.41, 5.74) is 0.546. The van der Waals surface area contributed by atoms with E-state index < -0.39 is 0 Å². The lowest BCUT2D eigenvalue weighted by atomic mass is 10.1. The highest BCUT2D eigenvalue weighted by molar-refractivity contribution is 5.81. The Morgan fingerprint density at radius 2 is 2.00 bits per heavy atom. The molecule has 1 N–H and O–H groups in total. The van der Waals surface area contributed by atoms with Gasteiger partial charge in [-0.1, -0.05) is 19.2 Å². The van der Waals surface area contributed by atoms with Gasteiger partial charge in [-0.3, -0.25) is 4.79 Å². The first-order valence-corrected chi connectivity index (χ1v) is 4.72. The van der Waals surface area contributed by atoms with Gasteiger partial charge < -0.3 is 9.52 Å². The van der Waals surface area contributed by atoms with Gasteiger partial charge in [-0.25, -0.2) is 0 Å². The average molecular weight is 214 g/mol. The second-order valence-corrected chi connectivity index (χ2v) is 3.30. The van der Waals surface area contributed by atoms with Crippen molar-refractivity contribution in [3.63, 3.8) is 0 Å². The molecule has 0 fully saturated rings. The van der Waals surface area contributed by atoms with E-state index in [0.717, 1.165) is 0 Å². The first-order chi connectivity index (χ1) is 7.67. The maximum Gasteiger partial charge on any atom is 0.200 e. The Bertz CT molecular complexity index is 635. The summed E-state index contributed by atoms with van der Waals surface area (Å²) in [6, 6.07) is 4.37. The van der Waals surface area contributed by atoms with E-state index in [1.165, 1.54) is 30.4 Å². The molecule has 0 unspecified atom stereocenters. The second kappa shape index (κ2) is 3.70. The van der Waals surface area contributed by atoms with Crippen LogP contribution in [0.4, 0.5) is 0 Å². The van der Waals surface area contributed by atoms with Crippen molar-refractivity contribution in [2.45, 2.75) is 0 Å². The van der Waals surface area contributed by atoms with Crippen LogP contribution in [0.15, 0.2) is 40.6 Å². The van der Waals surface area contributed by atoms with Crippen LogP contribution in [0.1, 0.15) is 11.3 Å². The van der Waals surface area contributed by atoms with Crippen LogP contribution < -0.4 is 5.43 Å². The van der Waals surface area contributed by atoms with Gasteiger partial charge in [0, 0.05) is 6.07 Å². The molecule has 0 radical (unpaired) electrons. The minimum Gasteiger partial charge on any atom is -0.508 e. The first kappa shape index (κ1) is 10.2. The molecule has 80 valence electrons. The Kier molecular flexibility index (Phi) is 2.37. The van der Waals surface area contributed by atoms with Crippen LogP contribution in [0.3, 0.4) is 0 Å². The molecular weight excluding hydrogens is 204 g/mol. The van der Waals surface area contributed by atoms with Crippen LogP contribution in [0.5, 0.6) is 5.75 Å². The molecule has 0 atom stereocenters. The van der Waals surface area contributed by atoms with Crippen molar-refractivity contribution in [1.29, 1.82) is 0 Å². The van der Waals surface area contributed by atoms with E-state index in [4.69, 9.17) is 4.42 Å². The summed E-state index contributed by atoms with van der Waals surface area (Å²) in [6.07, 6.45) is 2.89. The molecule has 2 rings (SSSR count). The van der Waals surface area contributed by atoms with Gasteiger partial charge in [0.15, 0.2) is 0 Å². The van der Waals surface area contributed by atoms with Crippen molar-refractivity contribution < 1.29 is 9.52 Å². The third-order valence-corrected chi connectivity index (χ3v) is 2.33. The lowest BCUT2D eigenvalue weighted by Crippen LogP contribution is -2.07. The van der Waals surface area contributed by atoms with Crippen LogP contribution in [-0.4, -0.2) is 5.11 Å². The smallest absolute Gasteiger partial charge is 0.200 e. The molecule has 0 amide bonds. The number of fused-ring (bicyclic) bond motifs is 1. The van der Waals surface area contributed by atoms with E-state index in [2.05, 4.69) is 13.2 Å². The monoisotopic (exact) mass is 214 g/mol. The molecule has 2 aromatic rings. The van der Waals surface area contributed by atoms with E-state index in [1.54, 1.807) is 0 Å². The fourth-order valence-corrected chi connectivity index (χ4v) is 1.56. The normalized spacial score (nSPS) is 10.2. The minimum absolute atomic E-state index is 0.0528. The van der Waals surface area contributed by atoms with Gasteiger partial charge in [-0.15, -0.1) is 0 Å². The molecule has 0 bridgehead atoms. The summed E-state index contributed by atoms with van der Waals surface area (Å²) < 4.78 is 5.45. The zero-order valence-electron chi connectivity index (χ0n) is 8.56. The van der Waals surface area contributed by atoms with E-state index in [-0.39, 0.29) is 11.2 Å². The van der Waals surface area contributed by atoms with Gasteiger partial charge >= 0.3 is 0 Å². The number of aromatic hydroxyl groups is 1. The third kappa shape index (κ3) is 1.42. The molecular formula is C13H10O3. The Morgan fingerprint density at radius 3 is 2.62 bits per heavy atom. The molecule has 0 aliphatic rings. The van der Waals surface area contributed by atoms with Gasteiger partial charge in [-0.2, -0.15) is 0 Å². The topological polar surface area (TPSA) is 50.4 Å². The quantitative estimate of drug-likeness (QED) is 0.836. The maximum atomic E-state index is 12.0. The maximum absolute atomic E-state index is 12.0. The molecule has 0 aliphatic heterocycles. The summed E-state index contributed by atoms with van der Waals surface area (Å²) in [4.78, 5) is 12.0. The molecule has 1 heterocycles. The van der Waals surface area contributed by atoms with E-state index in [9.17, 15) is 9.90 Å². The Balaban J connectivity index is 2.98. The number of rotatable bonds is 2. The molecule has 1 aromatic heterocycles. The first-order valence-electron chi connectivity index (χ1n) is 4.72. The van der Waals surface area contributed by atoms with Crippen molar-refractivity contribution in [1.82, 2.24) is 0 Å². The summed E-state index contributed by atoms with van der Waals surface area (Å²) in [5, 5.41) is 9.72. The van der Waals surface area contributed by atoms with E-state index in [0.29, 0.717) is 22.3 Å². The molecule has 3 nitrogen and oxygen atoms in total. The molecule has 0 saturated heterocycles. The van der Waals surface area contributed by atoms with Crippen LogP contribution in [0, 0.1) is 0 Å². The zero-order valence-corrected chi connectivity index (χ0v) is 8.56. The largest absolute Gasteiger partial charge is 0.508 e. The van der Waals surface area contributed by atoms with Gasteiger partial charge in [0.2, 0.25) is 5.43 Å². The van der Waals surface area contributed by atoms with Crippen molar-refractivity contribution in [3.05, 3.63) is 52.9 Å². The Morgan fingerprint density at radius 1 is 1.25 bits per heavy atom. The molecule has 3 heteroatoms. The number of phenolic OH excluding ortho intramolecular Hbond substituents is 1. The number of phenols is 1. The summed E-state index contributed by atoms with van der Waals surface area (Å²) in [5.74, 6) is 0.412. The number of hydrogen-bond acceptors (Lipinski definition) is 3.